The molecule has 0 bridgehead atoms. The molecular formula is C22H19F3N4O. The van der Waals surface area contributed by atoms with Crippen molar-refractivity contribution in [1.29, 1.82) is 0 Å². The molecule has 1 aromatic heterocycles. The van der Waals surface area contributed by atoms with Crippen molar-refractivity contribution in [3.8, 4) is 11.3 Å². The second-order valence-electron chi connectivity index (χ2n) is 7.33. The first-order chi connectivity index (χ1) is 14.3. The predicted molar refractivity (Wildman–Crippen MR) is 107 cm³/mol. The van der Waals surface area contributed by atoms with Crippen LogP contribution in [0.5, 0.6) is 0 Å². The molecule has 0 spiro atoms. The van der Waals surface area contributed by atoms with Crippen LogP contribution in [0, 0.1) is 17.5 Å². The van der Waals surface area contributed by atoms with Crippen LogP contribution in [-0.2, 0) is 0 Å². The number of nitrogens with two attached hydrogens (primary N) is 1. The number of rotatable bonds is 4. The first kappa shape index (κ1) is 20.0. The van der Waals surface area contributed by atoms with E-state index in [-0.39, 0.29) is 17.9 Å². The molecule has 1 aliphatic rings. The summed E-state index contributed by atoms with van der Waals surface area (Å²) in [5, 5.41) is 0. The first-order valence-electron chi connectivity index (χ1n) is 9.42. The Bertz CT molecular complexity index is 1120. The quantitative estimate of drug-likeness (QED) is 0.523. The Labute approximate surface area is 171 Å². The van der Waals surface area contributed by atoms with Crippen LogP contribution in [0.1, 0.15) is 28.8 Å². The third-order valence-corrected chi connectivity index (χ3v) is 5.36. The summed E-state index contributed by atoms with van der Waals surface area (Å²) >= 11 is 0. The van der Waals surface area contributed by atoms with E-state index in [9.17, 15) is 18.0 Å². The Morgan fingerprint density at radius 2 is 1.77 bits per heavy atom. The van der Waals surface area contributed by atoms with Crippen molar-refractivity contribution in [1.82, 2.24) is 9.97 Å². The number of aromatic nitrogens is 2. The summed E-state index contributed by atoms with van der Waals surface area (Å²) < 4.78 is 41.2. The highest BCUT2D eigenvalue weighted by atomic mass is 19.2. The van der Waals surface area contributed by atoms with Gasteiger partial charge in [0.1, 0.15) is 18.0 Å². The number of hydrogen-bond donors (Lipinski definition) is 1. The molecule has 4 rings (SSSR count). The van der Waals surface area contributed by atoms with Crippen LogP contribution in [-0.4, -0.2) is 34.9 Å². The number of carbonyl (C=O) groups excluding carboxylic acids is 1. The smallest absolute Gasteiger partial charge is 0.161 e. The topological polar surface area (TPSA) is 72.1 Å². The molecule has 2 N–H and O–H groups in total. The molecule has 0 radical (unpaired) electrons. The van der Waals surface area contributed by atoms with Crippen LogP contribution in [0.25, 0.3) is 11.3 Å². The molecule has 2 aromatic carbocycles. The maximum Gasteiger partial charge on any atom is 0.161 e. The van der Waals surface area contributed by atoms with E-state index in [4.69, 9.17) is 5.73 Å². The van der Waals surface area contributed by atoms with Gasteiger partial charge in [-0.25, -0.2) is 23.1 Å². The van der Waals surface area contributed by atoms with Crippen LogP contribution in [0.15, 0.2) is 48.8 Å². The average molecular weight is 412 g/mol. The van der Waals surface area contributed by atoms with E-state index < -0.39 is 29.4 Å². The zero-order valence-corrected chi connectivity index (χ0v) is 16.1. The third kappa shape index (κ3) is 3.66. The molecule has 1 fully saturated rings. The highest BCUT2D eigenvalue weighted by Gasteiger charge is 2.34. The SMILES string of the molecule is CC(=O)c1ccccc1-c1cc(N2C[C@H](c3cc(F)c(F)cc3F)[C@@H](N)C2)ncn1. The van der Waals surface area contributed by atoms with Gasteiger partial charge in [-0.3, -0.25) is 4.79 Å². The highest BCUT2D eigenvalue weighted by Crippen LogP contribution is 2.33. The van der Waals surface area contributed by atoms with Crippen LogP contribution in [0.3, 0.4) is 0 Å². The number of benzene rings is 2. The van der Waals surface area contributed by atoms with Crippen molar-refractivity contribution in [2.45, 2.75) is 18.9 Å². The normalized spacial score (nSPS) is 18.6. The molecule has 154 valence electrons. The number of ketones is 1. The van der Waals surface area contributed by atoms with E-state index in [1.165, 1.54) is 13.3 Å². The summed E-state index contributed by atoms with van der Waals surface area (Å²) in [6, 6.07) is 9.78. The molecule has 0 aliphatic carbocycles. The van der Waals surface area contributed by atoms with Crippen LogP contribution in [0.4, 0.5) is 19.0 Å². The number of carbonyl (C=O) groups is 1. The molecule has 8 heteroatoms. The molecule has 1 aliphatic heterocycles. The van der Waals surface area contributed by atoms with E-state index in [1.807, 2.05) is 11.0 Å². The number of hydrogen-bond acceptors (Lipinski definition) is 5. The van der Waals surface area contributed by atoms with Gasteiger partial charge in [-0.05, 0) is 18.6 Å². The average Bonchev–Trinajstić information content (AvgIpc) is 3.12. The second kappa shape index (κ2) is 7.87. The molecule has 1 saturated heterocycles. The summed E-state index contributed by atoms with van der Waals surface area (Å²) in [4.78, 5) is 22.4. The van der Waals surface area contributed by atoms with Gasteiger partial charge < -0.3 is 10.6 Å². The van der Waals surface area contributed by atoms with Gasteiger partial charge in [0.05, 0.1) is 5.69 Å². The van der Waals surface area contributed by atoms with E-state index in [0.717, 1.165) is 6.07 Å². The van der Waals surface area contributed by atoms with Gasteiger partial charge in [0.15, 0.2) is 17.4 Å². The standard InChI is InChI=1S/C22H19F3N4O/c1-12(30)13-4-2-3-5-14(13)21-8-22(28-11-27-21)29-9-16(20(26)10-29)15-6-18(24)19(25)7-17(15)23/h2-8,11,16,20H,9-10,26H2,1H3/t16-,20+/m1/s1. The lowest BCUT2D eigenvalue weighted by molar-refractivity contribution is 0.101. The maximum atomic E-state index is 14.3. The number of anilines is 1. The van der Waals surface area contributed by atoms with Crippen molar-refractivity contribution >= 4 is 11.6 Å². The summed E-state index contributed by atoms with van der Waals surface area (Å²) in [7, 11) is 0. The Morgan fingerprint density at radius 1 is 1.03 bits per heavy atom. The molecule has 3 aromatic rings. The lowest BCUT2D eigenvalue weighted by Gasteiger charge is -2.18. The fourth-order valence-corrected chi connectivity index (χ4v) is 3.85. The minimum Gasteiger partial charge on any atom is -0.354 e. The predicted octanol–water partition coefficient (Wildman–Crippen LogP) is 3.69. The molecule has 2 heterocycles. The largest absolute Gasteiger partial charge is 0.354 e. The van der Waals surface area contributed by atoms with Crippen molar-refractivity contribution < 1.29 is 18.0 Å². The summed E-state index contributed by atoms with van der Waals surface area (Å²) in [6.45, 7) is 2.13. The minimum atomic E-state index is -1.23. The third-order valence-electron chi connectivity index (χ3n) is 5.36. The number of nitrogens with zero attached hydrogens (tertiary/aromatic N) is 3. The number of Topliss-reactive ketones (excluding diaryl/α,β-unsaturated/α-hetero) is 1. The molecule has 30 heavy (non-hydrogen) atoms. The Hall–Kier alpha value is -3.26. The summed E-state index contributed by atoms with van der Waals surface area (Å²) in [5.41, 5.74) is 8.03. The summed E-state index contributed by atoms with van der Waals surface area (Å²) in [5.74, 6) is -3.22. The molecule has 0 unspecified atom stereocenters. The highest BCUT2D eigenvalue weighted by molar-refractivity contribution is 6.00. The minimum absolute atomic E-state index is 0.0418. The molecule has 0 saturated carbocycles. The van der Waals surface area contributed by atoms with Crippen molar-refractivity contribution in [2.75, 3.05) is 18.0 Å². The van der Waals surface area contributed by atoms with Crippen molar-refractivity contribution in [2.24, 2.45) is 5.73 Å². The first-order valence-corrected chi connectivity index (χ1v) is 9.42. The van der Waals surface area contributed by atoms with Gasteiger partial charge >= 0.3 is 0 Å². The molecule has 2 atom stereocenters. The Balaban J connectivity index is 1.65. The second-order valence-corrected chi connectivity index (χ2v) is 7.33. The fourth-order valence-electron chi connectivity index (χ4n) is 3.85. The Morgan fingerprint density at radius 3 is 2.53 bits per heavy atom. The van der Waals surface area contributed by atoms with Gasteiger partial charge in [-0.15, -0.1) is 0 Å². The zero-order valence-electron chi connectivity index (χ0n) is 16.1. The van der Waals surface area contributed by atoms with Gasteiger partial charge in [0, 0.05) is 48.3 Å². The van der Waals surface area contributed by atoms with Crippen molar-refractivity contribution in [3.63, 3.8) is 0 Å². The van der Waals surface area contributed by atoms with Gasteiger partial charge in [-0.2, -0.15) is 0 Å². The lowest BCUT2D eigenvalue weighted by Crippen LogP contribution is -2.29. The Kier molecular flexibility index (Phi) is 5.26. The van der Waals surface area contributed by atoms with Crippen LogP contribution in [0.2, 0.25) is 0 Å². The molecular weight excluding hydrogens is 393 g/mol. The van der Waals surface area contributed by atoms with Gasteiger partial charge in [0.25, 0.3) is 0 Å². The van der Waals surface area contributed by atoms with E-state index in [1.54, 1.807) is 24.3 Å². The van der Waals surface area contributed by atoms with E-state index >= 15 is 0 Å². The van der Waals surface area contributed by atoms with Gasteiger partial charge in [-0.1, -0.05) is 24.3 Å². The maximum absolute atomic E-state index is 14.3. The van der Waals surface area contributed by atoms with E-state index in [0.29, 0.717) is 35.2 Å². The summed E-state index contributed by atoms with van der Waals surface area (Å²) in [6.07, 6.45) is 1.39. The zero-order chi connectivity index (χ0) is 21.4. The molecule has 0 amide bonds. The lowest BCUT2D eigenvalue weighted by atomic mass is 9.94. The van der Waals surface area contributed by atoms with E-state index in [2.05, 4.69) is 9.97 Å². The van der Waals surface area contributed by atoms with Crippen LogP contribution >= 0.6 is 0 Å². The fraction of sp³-hybridized carbons (Fsp3) is 0.227. The monoisotopic (exact) mass is 412 g/mol. The van der Waals surface area contributed by atoms with Gasteiger partial charge in [0.2, 0.25) is 0 Å². The van der Waals surface area contributed by atoms with Crippen molar-refractivity contribution in [3.05, 3.63) is 77.4 Å². The van der Waals surface area contributed by atoms with Crippen LogP contribution < -0.4 is 10.6 Å². The molecule has 5 nitrogen and oxygen atoms in total. The number of halogens is 3.